The fraction of sp³-hybridized carbons (Fsp3) is 0.357. The van der Waals surface area contributed by atoms with Gasteiger partial charge in [0.15, 0.2) is 5.16 Å². The van der Waals surface area contributed by atoms with Crippen molar-refractivity contribution in [3.63, 3.8) is 0 Å². The van der Waals surface area contributed by atoms with Gasteiger partial charge in [0.05, 0.1) is 23.6 Å². The van der Waals surface area contributed by atoms with Crippen molar-refractivity contribution in [2.75, 3.05) is 57.9 Å². The normalized spacial score (nSPS) is 13.4. The molecule has 1 saturated heterocycles. The van der Waals surface area contributed by atoms with Crippen LogP contribution in [-0.2, 0) is 21.9 Å². The van der Waals surface area contributed by atoms with Crippen molar-refractivity contribution in [1.82, 2.24) is 29.7 Å². The van der Waals surface area contributed by atoms with Crippen LogP contribution in [0.1, 0.15) is 23.9 Å². The molecule has 0 aliphatic carbocycles. The van der Waals surface area contributed by atoms with E-state index in [9.17, 15) is 14.9 Å². The van der Waals surface area contributed by atoms with Crippen LogP contribution in [-0.4, -0.2) is 88.3 Å². The van der Waals surface area contributed by atoms with Gasteiger partial charge in [-0.1, -0.05) is 30.0 Å². The number of likely N-dealkylation sites (N-methyl/N-ethyl adjacent to an activating group) is 1. The smallest absolute Gasteiger partial charge is 0.236 e. The second kappa shape index (κ2) is 14.7. The zero-order chi connectivity index (χ0) is 28.6. The molecule has 13 heteroatoms. The molecule has 1 aliphatic rings. The second-order valence-electron chi connectivity index (χ2n) is 9.79. The van der Waals surface area contributed by atoms with E-state index >= 15 is 0 Å². The summed E-state index contributed by atoms with van der Waals surface area (Å²) in [6.45, 7) is 5.66. The number of piperazine rings is 1. The summed E-state index contributed by atoms with van der Waals surface area (Å²) < 4.78 is 0. The number of benzene rings is 1. The van der Waals surface area contributed by atoms with E-state index in [0.29, 0.717) is 40.9 Å². The van der Waals surface area contributed by atoms with Crippen LogP contribution in [0.4, 0.5) is 11.5 Å². The Kier molecular flexibility index (Phi) is 11.4. The number of hydrogen-bond donors (Lipinski definition) is 2. The van der Waals surface area contributed by atoms with Gasteiger partial charge < -0.3 is 20.9 Å². The van der Waals surface area contributed by atoms with Crippen LogP contribution in [0.15, 0.2) is 47.6 Å². The SMILES string of the molecule is CC(=O)Nc1ccc(-c2nc(SCc3cccc(CN4CCN(C(=O)CN(C)C)CC4)n3)nc(N)c2C#N)cc1.Cl. The number of nitrogens with two attached hydrogens (primary N) is 1. The first kappa shape index (κ1) is 31.8. The monoisotopic (exact) mass is 595 g/mol. The summed E-state index contributed by atoms with van der Waals surface area (Å²) in [5, 5.41) is 12.8. The number of rotatable bonds is 9. The molecular weight excluding hydrogens is 562 g/mol. The number of anilines is 2. The number of amides is 2. The highest BCUT2D eigenvalue weighted by Gasteiger charge is 2.22. The molecular formula is C28H34ClN9O2S. The van der Waals surface area contributed by atoms with Crippen LogP contribution in [0.5, 0.6) is 0 Å². The maximum atomic E-state index is 12.3. The number of nitrogens with zero attached hydrogens (tertiary/aromatic N) is 7. The molecule has 0 spiro atoms. The molecule has 3 N–H and O–H groups in total. The van der Waals surface area contributed by atoms with Gasteiger partial charge in [0.2, 0.25) is 11.8 Å². The minimum absolute atomic E-state index is 0. The molecule has 2 amide bonds. The number of aromatic nitrogens is 3. The van der Waals surface area contributed by atoms with Crippen LogP contribution < -0.4 is 11.1 Å². The fourth-order valence-corrected chi connectivity index (χ4v) is 5.10. The van der Waals surface area contributed by atoms with Gasteiger partial charge in [0, 0.05) is 56.7 Å². The highest BCUT2D eigenvalue weighted by atomic mass is 35.5. The van der Waals surface area contributed by atoms with E-state index in [-0.39, 0.29) is 35.6 Å². The lowest BCUT2D eigenvalue weighted by Crippen LogP contribution is -2.50. The average Bonchev–Trinajstić information content (AvgIpc) is 2.92. The fourth-order valence-electron chi connectivity index (χ4n) is 4.35. The van der Waals surface area contributed by atoms with E-state index in [1.807, 2.05) is 42.1 Å². The lowest BCUT2D eigenvalue weighted by Gasteiger charge is -2.35. The summed E-state index contributed by atoms with van der Waals surface area (Å²) in [6.07, 6.45) is 0. The number of carbonyl (C=O) groups excluding carboxylic acids is 2. The zero-order valence-electron chi connectivity index (χ0n) is 23.3. The first-order valence-corrected chi connectivity index (χ1v) is 13.9. The number of carbonyl (C=O) groups is 2. The van der Waals surface area contributed by atoms with E-state index in [1.165, 1.54) is 18.7 Å². The second-order valence-corrected chi connectivity index (χ2v) is 10.7. The van der Waals surface area contributed by atoms with E-state index in [4.69, 9.17) is 10.7 Å². The van der Waals surface area contributed by atoms with Crippen LogP contribution >= 0.6 is 24.2 Å². The lowest BCUT2D eigenvalue weighted by molar-refractivity contribution is -0.133. The van der Waals surface area contributed by atoms with Crippen molar-refractivity contribution >= 4 is 47.5 Å². The Morgan fingerprint density at radius 1 is 1.05 bits per heavy atom. The molecule has 3 heterocycles. The maximum absolute atomic E-state index is 12.3. The van der Waals surface area contributed by atoms with Gasteiger partial charge in [-0.3, -0.25) is 19.5 Å². The minimum atomic E-state index is -0.164. The molecule has 0 unspecified atom stereocenters. The maximum Gasteiger partial charge on any atom is 0.236 e. The summed E-state index contributed by atoms with van der Waals surface area (Å²) >= 11 is 1.40. The molecule has 0 saturated carbocycles. The zero-order valence-corrected chi connectivity index (χ0v) is 25.0. The highest BCUT2D eigenvalue weighted by molar-refractivity contribution is 7.98. The number of pyridine rings is 1. The van der Waals surface area contributed by atoms with Crippen molar-refractivity contribution < 1.29 is 9.59 Å². The summed E-state index contributed by atoms with van der Waals surface area (Å²) in [5.74, 6) is 0.652. The number of thioether (sulfide) groups is 1. The Labute approximate surface area is 250 Å². The summed E-state index contributed by atoms with van der Waals surface area (Å²) in [7, 11) is 3.81. The van der Waals surface area contributed by atoms with Crippen molar-refractivity contribution in [2.24, 2.45) is 0 Å². The third-order valence-electron chi connectivity index (χ3n) is 6.28. The predicted molar refractivity (Wildman–Crippen MR) is 162 cm³/mol. The average molecular weight is 596 g/mol. The highest BCUT2D eigenvalue weighted by Crippen LogP contribution is 2.29. The van der Waals surface area contributed by atoms with Gasteiger partial charge in [-0.05, 0) is 38.4 Å². The molecule has 0 radical (unpaired) electrons. The number of nitrogen functional groups attached to an aromatic ring is 1. The first-order chi connectivity index (χ1) is 19.2. The quantitative estimate of drug-likeness (QED) is 0.280. The van der Waals surface area contributed by atoms with Crippen LogP contribution in [0.2, 0.25) is 0 Å². The third-order valence-corrected chi connectivity index (χ3v) is 7.16. The van der Waals surface area contributed by atoms with E-state index < -0.39 is 0 Å². The van der Waals surface area contributed by atoms with E-state index in [1.54, 1.807) is 24.3 Å². The van der Waals surface area contributed by atoms with Crippen LogP contribution in [0, 0.1) is 11.3 Å². The van der Waals surface area contributed by atoms with Gasteiger partial charge in [-0.15, -0.1) is 12.4 Å². The molecule has 41 heavy (non-hydrogen) atoms. The molecule has 3 aromatic rings. The van der Waals surface area contributed by atoms with Crippen molar-refractivity contribution in [2.45, 2.75) is 24.4 Å². The molecule has 1 aromatic carbocycles. The summed E-state index contributed by atoms with van der Waals surface area (Å²) in [6, 6.07) is 15.1. The van der Waals surface area contributed by atoms with Gasteiger partial charge in [0.25, 0.3) is 0 Å². The third kappa shape index (κ3) is 8.86. The summed E-state index contributed by atoms with van der Waals surface area (Å²) in [5.41, 5.74) is 9.97. The molecule has 1 aliphatic heterocycles. The standard InChI is InChI=1S/C28H33N9O2S.ClH/c1-19(38)31-21-9-7-20(8-10-21)26-24(15-29)27(30)34-28(33-26)40-18-23-6-4-5-22(32-23)16-36-11-13-37(14-12-36)25(39)17-35(2)3;/h4-10H,11-14,16-18H2,1-3H3,(H,31,38)(H2,30,33,34);1H. The van der Waals surface area contributed by atoms with Crippen molar-refractivity contribution in [3.05, 3.63) is 59.4 Å². The summed E-state index contributed by atoms with van der Waals surface area (Å²) in [4.78, 5) is 43.5. The lowest BCUT2D eigenvalue weighted by atomic mass is 10.1. The Balaban J connectivity index is 0.00000462. The Morgan fingerprint density at radius 2 is 1.73 bits per heavy atom. The number of nitriles is 1. The predicted octanol–water partition coefficient (Wildman–Crippen LogP) is 2.87. The van der Waals surface area contributed by atoms with Gasteiger partial charge in [-0.2, -0.15) is 5.26 Å². The minimum Gasteiger partial charge on any atom is -0.382 e. The van der Waals surface area contributed by atoms with Gasteiger partial charge in [-0.25, -0.2) is 9.97 Å². The largest absolute Gasteiger partial charge is 0.382 e. The van der Waals surface area contributed by atoms with Crippen molar-refractivity contribution in [3.8, 4) is 17.3 Å². The Hall–Kier alpha value is -3.76. The molecule has 216 valence electrons. The topological polar surface area (TPSA) is 144 Å². The van der Waals surface area contributed by atoms with Crippen LogP contribution in [0.25, 0.3) is 11.3 Å². The Bertz CT molecular complexity index is 1400. The van der Waals surface area contributed by atoms with Gasteiger partial charge in [0.1, 0.15) is 17.5 Å². The molecule has 4 rings (SSSR count). The molecule has 1 fully saturated rings. The first-order valence-electron chi connectivity index (χ1n) is 12.9. The van der Waals surface area contributed by atoms with E-state index in [0.717, 1.165) is 37.6 Å². The van der Waals surface area contributed by atoms with Gasteiger partial charge >= 0.3 is 0 Å². The number of hydrogen-bond acceptors (Lipinski definition) is 10. The number of halogens is 1. The molecule has 2 aromatic heterocycles. The van der Waals surface area contributed by atoms with Crippen LogP contribution in [0.3, 0.4) is 0 Å². The number of nitrogens with one attached hydrogen (secondary N) is 1. The van der Waals surface area contributed by atoms with Crippen molar-refractivity contribution in [1.29, 1.82) is 5.26 Å². The van der Waals surface area contributed by atoms with E-state index in [2.05, 4.69) is 26.3 Å². The molecule has 0 atom stereocenters. The molecule has 0 bridgehead atoms. The molecule has 11 nitrogen and oxygen atoms in total. The Morgan fingerprint density at radius 3 is 2.37 bits per heavy atom.